The maximum Gasteiger partial charge on any atom is 0.303 e. The average Bonchev–Trinajstić information content (AvgIpc) is 2.45. The van der Waals surface area contributed by atoms with Gasteiger partial charge >= 0.3 is 5.97 Å². The number of esters is 1. The molecule has 1 fully saturated rings. The average molecular weight is 296 g/mol. The second-order valence-electron chi connectivity index (χ2n) is 5.06. The Morgan fingerprint density at radius 3 is 2.52 bits per heavy atom. The van der Waals surface area contributed by atoms with Crippen LogP contribution in [-0.4, -0.2) is 46.9 Å². The molecule has 0 aromatic heterocycles. The minimum atomic E-state index is -1.33. The van der Waals surface area contributed by atoms with Gasteiger partial charge in [0.25, 0.3) is 0 Å². The molecule has 1 aromatic carbocycles. The van der Waals surface area contributed by atoms with E-state index < -0.39 is 36.7 Å². The van der Waals surface area contributed by atoms with Gasteiger partial charge in [0, 0.05) is 6.92 Å². The summed E-state index contributed by atoms with van der Waals surface area (Å²) in [5.74, 6) is -0.572. The highest BCUT2D eigenvalue weighted by Crippen LogP contribution is 2.25. The number of ether oxygens (including phenoxy) is 3. The molecule has 116 valence electrons. The fourth-order valence-corrected chi connectivity index (χ4v) is 2.28. The zero-order valence-corrected chi connectivity index (χ0v) is 12.0. The smallest absolute Gasteiger partial charge is 0.303 e. The molecule has 0 bridgehead atoms. The Morgan fingerprint density at radius 1 is 1.24 bits per heavy atom. The molecular weight excluding hydrogens is 276 g/mol. The number of rotatable bonds is 4. The Kier molecular flexibility index (Phi) is 5.30. The maximum absolute atomic E-state index is 11.1. The Morgan fingerprint density at radius 2 is 1.90 bits per heavy atom. The quantitative estimate of drug-likeness (QED) is 0.792. The number of aliphatic hydroxyl groups excluding tert-OH is 2. The number of carbonyl (C=O) groups is 1. The van der Waals surface area contributed by atoms with Gasteiger partial charge in [-0.25, -0.2) is 0 Å². The molecule has 1 aliphatic rings. The molecule has 0 aliphatic carbocycles. The van der Waals surface area contributed by atoms with Crippen molar-refractivity contribution >= 4 is 5.97 Å². The van der Waals surface area contributed by atoms with Gasteiger partial charge in [0.2, 0.25) is 0 Å². The Bertz CT molecular complexity index is 462. The topological polar surface area (TPSA) is 85.2 Å². The third-order valence-electron chi connectivity index (χ3n) is 3.36. The largest absolute Gasteiger partial charge is 0.454 e. The zero-order chi connectivity index (χ0) is 15.4. The summed E-state index contributed by atoms with van der Waals surface area (Å²) >= 11 is 0. The van der Waals surface area contributed by atoms with Crippen LogP contribution in [0, 0.1) is 0 Å². The summed E-state index contributed by atoms with van der Waals surface area (Å²) in [5, 5.41) is 20.0. The third-order valence-corrected chi connectivity index (χ3v) is 3.36. The summed E-state index contributed by atoms with van der Waals surface area (Å²) in [7, 11) is 0. The lowest BCUT2D eigenvalue weighted by Gasteiger charge is -2.40. The van der Waals surface area contributed by atoms with Crippen LogP contribution < -0.4 is 0 Å². The number of hydrogen-bond acceptors (Lipinski definition) is 6. The lowest BCUT2D eigenvalue weighted by Crippen LogP contribution is -2.58. The first-order valence-electron chi connectivity index (χ1n) is 6.83. The van der Waals surface area contributed by atoms with Crippen molar-refractivity contribution in [2.24, 2.45) is 0 Å². The van der Waals surface area contributed by atoms with Crippen LogP contribution in [0.4, 0.5) is 0 Å². The minimum Gasteiger partial charge on any atom is -0.454 e. The molecule has 5 atom stereocenters. The molecule has 0 radical (unpaired) electrons. The Labute approximate surface area is 123 Å². The van der Waals surface area contributed by atoms with E-state index in [0.29, 0.717) is 0 Å². The monoisotopic (exact) mass is 296 g/mol. The van der Waals surface area contributed by atoms with Crippen molar-refractivity contribution in [2.45, 2.75) is 51.2 Å². The third kappa shape index (κ3) is 4.01. The van der Waals surface area contributed by atoms with Gasteiger partial charge in [-0.1, -0.05) is 30.3 Å². The van der Waals surface area contributed by atoms with Crippen LogP contribution in [-0.2, 0) is 25.6 Å². The summed E-state index contributed by atoms with van der Waals surface area (Å²) in [6, 6.07) is 9.40. The minimum absolute atomic E-state index is 0.236. The molecule has 0 saturated carbocycles. The van der Waals surface area contributed by atoms with Crippen molar-refractivity contribution in [3.8, 4) is 0 Å². The predicted octanol–water partition coefficient (Wildman–Crippen LogP) is 0.601. The van der Waals surface area contributed by atoms with Crippen molar-refractivity contribution in [3.05, 3.63) is 35.9 Å². The van der Waals surface area contributed by atoms with Crippen molar-refractivity contribution < 1.29 is 29.2 Å². The van der Waals surface area contributed by atoms with Gasteiger partial charge < -0.3 is 24.4 Å². The van der Waals surface area contributed by atoms with Crippen LogP contribution >= 0.6 is 0 Å². The normalized spacial score (nSPS) is 32.7. The standard InChI is InChI=1S/C15H20O6/c1-9-12(17)13(14(15(18)20-9)21-10(2)16)19-8-11-6-4-3-5-7-11/h3-7,9,12-15,17-18H,8H2,1-2H3/t9-,12-,13+,14+,15?/m0/s1. The van der Waals surface area contributed by atoms with E-state index in [1.54, 1.807) is 6.92 Å². The fourth-order valence-electron chi connectivity index (χ4n) is 2.28. The highest BCUT2D eigenvalue weighted by Gasteiger charge is 2.45. The number of carbonyl (C=O) groups excluding carboxylic acids is 1. The fraction of sp³-hybridized carbons (Fsp3) is 0.533. The van der Waals surface area contributed by atoms with Gasteiger partial charge in [0.1, 0.15) is 12.2 Å². The first-order chi connectivity index (χ1) is 9.99. The van der Waals surface area contributed by atoms with E-state index in [1.807, 2.05) is 30.3 Å². The van der Waals surface area contributed by atoms with Gasteiger partial charge in [-0.3, -0.25) is 4.79 Å². The molecule has 1 heterocycles. The molecule has 2 rings (SSSR count). The second kappa shape index (κ2) is 7.00. The van der Waals surface area contributed by atoms with E-state index in [2.05, 4.69) is 0 Å². The lowest BCUT2D eigenvalue weighted by molar-refractivity contribution is -0.291. The van der Waals surface area contributed by atoms with Crippen molar-refractivity contribution in [1.29, 1.82) is 0 Å². The van der Waals surface area contributed by atoms with Gasteiger partial charge in [0.05, 0.1) is 12.7 Å². The van der Waals surface area contributed by atoms with E-state index >= 15 is 0 Å². The molecule has 6 nitrogen and oxygen atoms in total. The number of benzene rings is 1. The first-order valence-corrected chi connectivity index (χ1v) is 6.83. The highest BCUT2D eigenvalue weighted by atomic mass is 16.7. The summed E-state index contributed by atoms with van der Waals surface area (Å²) in [6.45, 7) is 3.09. The molecule has 1 aliphatic heterocycles. The van der Waals surface area contributed by atoms with Crippen LogP contribution in [0.5, 0.6) is 0 Å². The van der Waals surface area contributed by atoms with Gasteiger partial charge in [-0.05, 0) is 12.5 Å². The second-order valence-corrected chi connectivity index (χ2v) is 5.06. The van der Waals surface area contributed by atoms with Crippen LogP contribution in [0.2, 0.25) is 0 Å². The van der Waals surface area contributed by atoms with Gasteiger partial charge in [-0.15, -0.1) is 0 Å². The molecule has 0 spiro atoms. The van der Waals surface area contributed by atoms with E-state index in [4.69, 9.17) is 14.2 Å². The molecule has 1 saturated heterocycles. The Balaban J connectivity index is 2.08. The highest BCUT2D eigenvalue weighted by molar-refractivity contribution is 5.66. The van der Waals surface area contributed by atoms with E-state index in [9.17, 15) is 15.0 Å². The zero-order valence-electron chi connectivity index (χ0n) is 12.0. The van der Waals surface area contributed by atoms with Crippen LogP contribution in [0.1, 0.15) is 19.4 Å². The molecular formula is C15H20O6. The van der Waals surface area contributed by atoms with Crippen molar-refractivity contribution in [2.75, 3.05) is 0 Å². The van der Waals surface area contributed by atoms with E-state index in [1.165, 1.54) is 6.92 Å². The first kappa shape index (κ1) is 15.9. The van der Waals surface area contributed by atoms with Crippen LogP contribution in [0.15, 0.2) is 30.3 Å². The lowest BCUT2D eigenvalue weighted by atomic mass is 9.99. The molecule has 6 heteroatoms. The molecule has 1 unspecified atom stereocenters. The Hall–Kier alpha value is -1.47. The van der Waals surface area contributed by atoms with Crippen molar-refractivity contribution in [3.63, 3.8) is 0 Å². The van der Waals surface area contributed by atoms with E-state index in [-0.39, 0.29) is 6.61 Å². The maximum atomic E-state index is 11.1. The van der Waals surface area contributed by atoms with E-state index in [0.717, 1.165) is 5.56 Å². The van der Waals surface area contributed by atoms with Crippen LogP contribution in [0.25, 0.3) is 0 Å². The SMILES string of the molecule is CC(=O)O[C@H]1C(O)O[C@@H](C)[C@H](O)[C@H]1OCc1ccccc1. The number of aliphatic hydroxyl groups is 2. The molecule has 0 amide bonds. The summed E-state index contributed by atoms with van der Waals surface area (Å²) in [4.78, 5) is 11.1. The van der Waals surface area contributed by atoms with Crippen molar-refractivity contribution in [1.82, 2.24) is 0 Å². The molecule has 1 aromatic rings. The predicted molar refractivity (Wildman–Crippen MR) is 73.1 cm³/mol. The summed E-state index contributed by atoms with van der Waals surface area (Å²) in [6.07, 6.45) is -4.85. The molecule has 2 N–H and O–H groups in total. The van der Waals surface area contributed by atoms with Crippen LogP contribution in [0.3, 0.4) is 0 Å². The summed E-state index contributed by atoms with van der Waals surface area (Å²) in [5.41, 5.74) is 0.917. The van der Waals surface area contributed by atoms with Gasteiger partial charge in [0.15, 0.2) is 12.4 Å². The van der Waals surface area contributed by atoms with Gasteiger partial charge in [-0.2, -0.15) is 0 Å². The number of hydrogen-bond donors (Lipinski definition) is 2. The summed E-state index contributed by atoms with van der Waals surface area (Å²) < 4.78 is 15.8. The molecule has 21 heavy (non-hydrogen) atoms.